The zero-order valence-corrected chi connectivity index (χ0v) is 16.2. The number of nitrogens with one attached hydrogen (secondary N) is 1. The van der Waals surface area contributed by atoms with Crippen LogP contribution in [0.1, 0.15) is 35.6 Å². The van der Waals surface area contributed by atoms with Gasteiger partial charge in [0.15, 0.2) is 0 Å². The summed E-state index contributed by atoms with van der Waals surface area (Å²) in [6.07, 6.45) is 4.37. The highest BCUT2D eigenvalue weighted by atomic mass is 15.0. The Hall–Kier alpha value is -2.59. The van der Waals surface area contributed by atoms with E-state index in [4.69, 9.17) is 10.7 Å². The SMILES string of the molecule is CN(C)CCCc1cc2cc(N)ccc2nc1N[C@@H]1CCc2ccccc21. The van der Waals surface area contributed by atoms with Gasteiger partial charge in [-0.2, -0.15) is 0 Å². The van der Waals surface area contributed by atoms with E-state index in [-0.39, 0.29) is 0 Å². The van der Waals surface area contributed by atoms with Gasteiger partial charge in [0.25, 0.3) is 0 Å². The number of benzene rings is 2. The Labute approximate surface area is 161 Å². The van der Waals surface area contributed by atoms with Gasteiger partial charge in [0.05, 0.1) is 11.6 Å². The molecule has 3 aromatic rings. The van der Waals surface area contributed by atoms with E-state index in [1.165, 1.54) is 16.7 Å². The van der Waals surface area contributed by atoms with Gasteiger partial charge in [0, 0.05) is 11.1 Å². The molecule has 1 atom stereocenters. The van der Waals surface area contributed by atoms with Crippen molar-refractivity contribution in [2.75, 3.05) is 31.7 Å². The molecule has 3 N–H and O–H groups in total. The predicted molar refractivity (Wildman–Crippen MR) is 114 cm³/mol. The van der Waals surface area contributed by atoms with Crippen molar-refractivity contribution >= 4 is 22.4 Å². The molecule has 0 fully saturated rings. The van der Waals surface area contributed by atoms with Crippen LogP contribution in [-0.2, 0) is 12.8 Å². The summed E-state index contributed by atoms with van der Waals surface area (Å²) < 4.78 is 0. The predicted octanol–water partition coefficient (Wildman–Crippen LogP) is 4.41. The van der Waals surface area contributed by atoms with E-state index < -0.39 is 0 Å². The topological polar surface area (TPSA) is 54.2 Å². The number of aromatic nitrogens is 1. The summed E-state index contributed by atoms with van der Waals surface area (Å²) in [5.41, 5.74) is 11.9. The van der Waals surface area contributed by atoms with Crippen LogP contribution in [0.25, 0.3) is 10.9 Å². The van der Waals surface area contributed by atoms with E-state index in [0.29, 0.717) is 6.04 Å². The Balaban J connectivity index is 1.66. The molecule has 0 aliphatic heterocycles. The van der Waals surface area contributed by atoms with Crippen LogP contribution >= 0.6 is 0 Å². The van der Waals surface area contributed by atoms with Gasteiger partial charge in [-0.25, -0.2) is 4.98 Å². The first kappa shape index (κ1) is 17.8. The van der Waals surface area contributed by atoms with E-state index in [1.54, 1.807) is 0 Å². The summed E-state index contributed by atoms with van der Waals surface area (Å²) in [4.78, 5) is 7.20. The normalized spacial score (nSPS) is 16.0. The molecule has 4 nitrogen and oxygen atoms in total. The molecule has 1 aromatic heterocycles. The number of pyridine rings is 1. The molecule has 27 heavy (non-hydrogen) atoms. The molecule has 2 aromatic carbocycles. The minimum atomic E-state index is 0.340. The van der Waals surface area contributed by atoms with Crippen LogP contribution in [0, 0.1) is 0 Å². The van der Waals surface area contributed by atoms with Gasteiger partial charge in [0.1, 0.15) is 5.82 Å². The lowest BCUT2D eigenvalue weighted by Gasteiger charge is -2.19. The number of aryl methyl sites for hydroxylation is 2. The fourth-order valence-corrected chi connectivity index (χ4v) is 4.01. The molecule has 4 rings (SSSR count). The van der Waals surface area contributed by atoms with Crippen LogP contribution in [0.2, 0.25) is 0 Å². The third-order valence-electron chi connectivity index (χ3n) is 5.41. The average Bonchev–Trinajstić information content (AvgIpc) is 3.05. The number of nitrogens with zero attached hydrogens (tertiary/aromatic N) is 2. The van der Waals surface area contributed by atoms with Crippen molar-refractivity contribution in [2.45, 2.75) is 31.7 Å². The largest absolute Gasteiger partial charge is 0.399 e. The second-order valence-corrected chi connectivity index (χ2v) is 7.79. The van der Waals surface area contributed by atoms with E-state index in [9.17, 15) is 0 Å². The van der Waals surface area contributed by atoms with E-state index in [0.717, 1.165) is 54.6 Å². The molecule has 1 heterocycles. The number of nitrogens with two attached hydrogens (primary N) is 1. The van der Waals surface area contributed by atoms with Crippen molar-refractivity contribution in [3.63, 3.8) is 0 Å². The van der Waals surface area contributed by atoms with Gasteiger partial charge < -0.3 is 16.0 Å². The summed E-state index contributed by atoms with van der Waals surface area (Å²) in [6.45, 7) is 1.07. The minimum absolute atomic E-state index is 0.340. The quantitative estimate of drug-likeness (QED) is 0.639. The summed E-state index contributed by atoms with van der Waals surface area (Å²) in [5.74, 6) is 1.02. The number of anilines is 2. The smallest absolute Gasteiger partial charge is 0.130 e. The van der Waals surface area contributed by atoms with Crippen molar-refractivity contribution in [1.82, 2.24) is 9.88 Å². The highest BCUT2D eigenvalue weighted by molar-refractivity contribution is 5.84. The first-order valence-corrected chi connectivity index (χ1v) is 9.78. The van der Waals surface area contributed by atoms with Crippen molar-refractivity contribution in [1.29, 1.82) is 0 Å². The molecule has 0 spiro atoms. The standard InChI is InChI=1S/C23H28N4/c1-27(2)13-5-7-17-14-18-15-19(24)10-12-21(18)25-23(17)26-22-11-9-16-6-3-4-8-20(16)22/h3-4,6,8,10,12,14-15,22H,5,7,9,11,13,24H2,1-2H3,(H,25,26)/t22-/m1/s1. The zero-order valence-electron chi connectivity index (χ0n) is 16.2. The summed E-state index contributed by atoms with van der Waals surface area (Å²) >= 11 is 0. The lowest BCUT2D eigenvalue weighted by atomic mass is 10.0. The number of fused-ring (bicyclic) bond motifs is 2. The maximum atomic E-state index is 5.99. The van der Waals surface area contributed by atoms with Gasteiger partial charge in [-0.15, -0.1) is 0 Å². The third-order valence-corrected chi connectivity index (χ3v) is 5.41. The van der Waals surface area contributed by atoms with Crippen LogP contribution in [0.3, 0.4) is 0 Å². The zero-order chi connectivity index (χ0) is 18.8. The van der Waals surface area contributed by atoms with Crippen molar-refractivity contribution in [3.8, 4) is 0 Å². The second-order valence-electron chi connectivity index (χ2n) is 7.79. The monoisotopic (exact) mass is 360 g/mol. The third kappa shape index (κ3) is 3.91. The van der Waals surface area contributed by atoms with Crippen LogP contribution < -0.4 is 11.1 Å². The second kappa shape index (κ2) is 7.57. The Bertz CT molecular complexity index is 948. The van der Waals surface area contributed by atoms with E-state index in [2.05, 4.69) is 54.6 Å². The fraction of sp³-hybridized carbons (Fsp3) is 0.348. The molecule has 0 unspecified atom stereocenters. The molecule has 140 valence electrons. The molecule has 1 aliphatic rings. The Kier molecular flexibility index (Phi) is 4.99. The molecule has 0 amide bonds. The highest BCUT2D eigenvalue weighted by Gasteiger charge is 2.23. The van der Waals surface area contributed by atoms with E-state index in [1.807, 2.05) is 18.2 Å². The molecular formula is C23H28N4. The molecule has 0 saturated heterocycles. The minimum Gasteiger partial charge on any atom is -0.399 e. The number of hydrogen-bond acceptors (Lipinski definition) is 4. The Morgan fingerprint density at radius 3 is 2.85 bits per heavy atom. The maximum Gasteiger partial charge on any atom is 0.130 e. The lowest BCUT2D eigenvalue weighted by molar-refractivity contribution is 0.400. The van der Waals surface area contributed by atoms with Crippen LogP contribution in [-0.4, -0.2) is 30.5 Å². The first-order chi connectivity index (χ1) is 13.1. The van der Waals surface area contributed by atoms with Crippen LogP contribution in [0.15, 0.2) is 48.5 Å². The highest BCUT2D eigenvalue weighted by Crippen LogP contribution is 2.35. The maximum absolute atomic E-state index is 5.99. The van der Waals surface area contributed by atoms with Gasteiger partial charge in [0.2, 0.25) is 0 Å². The lowest BCUT2D eigenvalue weighted by Crippen LogP contribution is -2.15. The molecular weight excluding hydrogens is 332 g/mol. The fourth-order valence-electron chi connectivity index (χ4n) is 4.01. The summed E-state index contributed by atoms with van der Waals surface area (Å²) in [7, 11) is 4.24. The molecule has 0 saturated carbocycles. The van der Waals surface area contributed by atoms with Crippen LogP contribution in [0.4, 0.5) is 11.5 Å². The Morgan fingerprint density at radius 2 is 2.00 bits per heavy atom. The molecule has 0 bridgehead atoms. The summed E-state index contributed by atoms with van der Waals surface area (Å²) in [6, 6.07) is 17.3. The Morgan fingerprint density at radius 1 is 1.15 bits per heavy atom. The van der Waals surface area contributed by atoms with Crippen molar-refractivity contribution < 1.29 is 0 Å². The number of hydrogen-bond donors (Lipinski definition) is 2. The average molecular weight is 361 g/mol. The molecule has 0 radical (unpaired) electrons. The molecule has 1 aliphatic carbocycles. The van der Waals surface area contributed by atoms with E-state index >= 15 is 0 Å². The van der Waals surface area contributed by atoms with Gasteiger partial charge in [-0.05, 0) is 87.3 Å². The van der Waals surface area contributed by atoms with Crippen LogP contribution in [0.5, 0.6) is 0 Å². The van der Waals surface area contributed by atoms with Crippen molar-refractivity contribution in [2.24, 2.45) is 0 Å². The van der Waals surface area contributed by atoms with Gasteiger partial charge in [-0.3, -0.25) is 0 Å². The first-order valence-electron chi connectivity index (χ1n) is 9.78. The summed E-state index contributed by atoms with van der Waals surface area (Å²) in [5, 5.41) is 4.87. The van der Waals surface area contributed by atoms with Gasteiger partial charge in [-0.1, -0.05) is 24.3 Å². The molecule has 4 heteroatoms. The number of nitrogen functional groups attached to an aromatic ring is 1. The number of rotatable bonds is 6. The van der Waals surface area contributed by atoms with Crippen molar-refractivity contribution in [3.05, 3.63) is 65.2 Å². The van der Waals surface area contributed by atoms with Gasteiger partial charge >= 0.3 is 0 Å².